The van der Waals surface area contributed by atoms with E-state index < -0.39 is 0 Å². The molecule has 3 rings (SSSR count). The molecule has 118 valence electrons. The van der Waals surface area contributed by atoms with Crippen LogP contribution in [0.15, 0.2) is 17.0 Å². The van der Waals surface area contributed by atoms with Gasteiger partial charge in [-0.25, -0.2) is 9.97 Å². The molecule has 2 aromatic rings. The number of carbonyl (C=O) groups is 1. The number of hydrogen-bond donors (Lipinski definition) is 0. The largest absolute Gasteiger partial charge is 0.378 e. The van der Waals surface area contributed by atoms with Crippen molar-refractivity contribution in [3.8, 4) is 0 Å². The van der Waals surface area contributed by atoms with E-state index in [1.807, 2.05) is 21.9 Å². The summed E-state index contributed by atoms with van der Waals surface area (Å²) in [6.07, 6.45) is 2.76. The molecule has 1 saturated heterocycles. The normalized spacial score (nSPS) is 15.9. The Morgan fingerprint density at radius 1 is 1.32 bits per heavy atom. The third-order valence-electron chi connectivity index (χ3n) is 3.51. The van der Waals surface area contributed by atoms with Crippen molar-refractivity contribution in [2.75, 3.05) is 38.2 Å². The number of methoxy groups -OCH3 is 1. The highest BCUT2D eigenvalue weighted by atomic mass is 32.1. The Morgan fingerprint density at radius 2 is 2.23 bits per heavy atom. The lowest BCUT2D eigenvalue weighted by Gasteiger charge is -2.21. The van der Waals surface area contributed by atoms with Crippen molar-refractivity contribution in [1.82, 2.24) is 14.9 Å². The van der Waals surface area contributed by atoms with Crippen molar-refractivity contribution in [3.05, 3.63) is 27.7 Å². The van der Waals surface area contributed by atoms with Gasteiger partial charge in [0.15, 0.2) is 5.13 Å². The van der Waals surface area contributed by atoms with Crippen LogP contribution in [-0.2, 0) is 11.3 Å². The van der Waals surface area contributed by atoms with E-state index in [1.54, 1.807) is 18.4 Å². The van der Waals surface area contributed by atoms with Gasteiger partial charge in [-0.2, -0.15) is 0 Å². The Kier molecular flexibility index (Phi) is 5.01. The van der Waals surface area contributed by atoms with Gasteiger partial charge in [0.25, 0.3) is 5.91 Å². The standard InChI is InChI=1S/C14H18N4O2S2/c1-20-9-12-16-11(10-22-12)13(19)17-4-2-5-18(7-6-17)14-15-3-8-21-14/h3,8,10H,2,4-7,9H2,1H3. The summed E-state index contributed by atoms with van der Waals surface area (Å²) in [5.74, 6) is 0.0135. The third-order valence-corrected chi connectivity index (χ3v) is 5.17. The Hall–Kier alpha value is -1.51. The minimum absolute atomic E-state index is 0.0135. The summed E-state index contributed by atoms with van der Waals surface area (Å²) in [5, 5.41) is 5.67. The van der Waals surface area contributed by atoms with Crippen molar-refractivity contribution in [3.63, 3.8) is 0 Å². The number of ether oxygens (including phenoxy) is 1. The summed E-state index contributed by atoms with van der Waals surface area (Å²) >= 11 is 3.11. The lowest BCUT2D eigenvalue weighted by Crippen LogP contribution is -2.35. The van der Waals surface area contributed by atoms with E-state index in [0.717, 1.165) is 36.2 Å². The number of anilines is 1. The van der Waals surface area contributed by atoms with Gasteiger partial charge in [-0.3, -0.25) is 4.79 Å². The van der Waals surface area contributed by atoms with Gasteiger partial charge in [0.05, 0.1) is 6.61 Å². The van der Waals surface area contributed by atoms with Crippen LogP contribution >= 0.6 is 22.7 Å². The molecule has 1 aliphatic rings. The van der Waals surface area contributed by atoms with Crippen LogP contribution in [0.3, 0.4) is 0 Å². The number of hydrogen-bond acceptors (Lipinski definition) is 7. The molecule has 0 aromatic carbocycles. The van der Waals surface area contributed by atoms with Crippen LogP contribution in [0.4, 0.5) is 5.13 Å². The number of amides is 1. The van der Waals surface area contributed by atoms with Crippen LogP contribution in [0, 0.1) is 0 Å². The average molecular weight is 338 g/mol. The molecule has 1 amide bonds. The van der Waals surface area contributed by atoms with E-state index in [1.165, 1.54) is 11.3 Å². The van der Waals surface area contributed by atoms with E-state index in [4.69, 9.17) is 4.74 Å². The lowest BCUT2D eigenvalue weighted by atomic mass is 10.3. The first-order valence-electron chi connectivity index (χ1n) is 7.15. The van der Waals surface area contributed by atoms with Gasteiger partial charge in [0.1, 0.15) is 10.7 Å². The predicted molar refractivity (Wildman–Crippen MR) is 87.7 cm³/mol. The first kappa shape index (κ1) is 15.4. The molecule has 2 aromatic heterocycles. The predicted octanol–water partition coefficient (Wildman–Crippen LogP) is 2.10. The topological polar surface area (TPSA) is 58.6 Å². The minimum Gasteiger partial charge on any atom is -0.378 e. The summed E-state index contributed by atoms with van der Waals surface area (Å²) in [6.45, 7) is 3.67. The highest BCUT2D eigenvalue weighted by molar-refractivity contribution is 7.13. The fraction of sp³-hybridized carbons (Fsp3) is 0.500. The van der Waals surface area contributed by atoms with Crippen LogP contribution in [-0.4, -0.2) is 54.1 Å². The zero-order chi connectivity index (χ0) is 15.4. The molecule has 0 atom stereocenters. The smallest absolute Gasteiger partial charge is 0.273 e. The van der Waals surface area contributed by atoms with E-state index in [9.17, 15) is 4.79 Å². The summed E-state index contributed by atoms with van der Waals surface area (Å²) in [5.41, 5.74) is 0.528. The Labute approximate surface area is 137 Å². The van der Waals surface area contributed by atoms with Gasteiger partial charge in [-0.1, -0.05) is 0 Å². The van der Waals surface area contributed by atoms with Gasteiger partial charge in [-0.05, 0) is 6.42 Å². The zero-order valence-electron chi connectivity index (χ0n) is 12.4. The molecule has 6 nitrogen and oxygen atoms in total. The van der Waals surface area contributed by atoms with Gasteiger partial charge in [0, 0.05) is 50.2 Å². The highest BCUT2D eigenvalue weighted by Gasteiger charge is 2.23. The molecule has 0 saturated carbocycles. The van der Waals surface area contributed by atoms with Gasteiger partial charge >= 0.3 is 0 Å². The fourth-order valence-electron chi connectivity index (χ4n) is 2.44. The number of thiazole rings is 2. The number of carbonyl (C=O) groups excluding carboxylic acids is 1. The quantitative estimate of drug-likeness (QED) is 0.854. The molecule has 0 aliphatic carbocycles. The monoisotopic (exact) mass is 338 g/mol. The minimum atomic E-state index is 0.0135. The van der Waals surface area contributed by atoms with E-state index in [-0.39, 0.29) is 5.91 Å². The van der Waals surface area contributed by atoms with E-state index in [2.05, 4.69) is 14.9 Å². The van der Waals surface area contributed by atoms with Gasteiger partial charge in [-0.15, -0.1) is 22.7 Å². The van der Waals surface area contributed by atoms with Crippen molar-refractivity contribution in [2.45, 2.75) is 13.0 Å². The third kappa shape index (κ3) is 3.45. The number of rotatable bonds is 4. The summed E-state index contributed by atoms with van der Waals surface area (Å²) < 4.78 is 5.05. The van der Waals surface area contributed by atoms with Gasteiger partial charge in [0.2, 0.25) is 0 Å². The maximum atomic E-state index is 12.6. The number of aromatic nitrogens is 2. The lowest BCUT2D eigenvalue weighted by molar-refractivity contribution is 0.0761. The molecule has 0 unspecified atom stereocenters. The zero-order valence-corrected chi connectivity index (χ0v) is 14.0. The van der Waals surface area contributed by atoms with E-state index >= 15 is 0 Å². The maximum absolute atomic E-state index is 12.6. The summed E-state index contributed by atoms with van der Waals surface area (Å²) in [7, 11) is 1.63. The molecule has 22 heavy (non-hydrogen) atoms. The fourth-order valence-corrected chi connectivity index (χ4v) is 3.88. The van der Waals surface area contributed by atoms with Crippen LogP contribution in [0.5, 0.6) is 0 Å². The molecule has 3 heterocycles. The van der Waals surface area contributed by atoms with Crippen molar-refractivity contribution in [1.29, 1.82) is 0 Å². The average Bonchev–Trinajstić information content (AvgIpc) is 3.15. The highest BCUT2D eigenvalue weighted by Crippen LogP contribution is 2.20. The molecule has 1 aliphatic heterocycles. The molecule has 0 radical (unpaired) electrons. The number of nitrogens with zero attached hydrogens (tertiary/aromatic N) is 4. The van der Waals surface area contributed by atoms with Crippen molar-refractivity contribution in [2.24, 2.45) is 0 Å². The van der Waals surface area contributed by atoms with Crippen molar-refractivity contribution < 1.29 is 9.53 Å². The Morgan fingerprint density at radius 3 is 3.00 bits per heavy atom. The van der Waals surface area contributed by atoms with Crippen molar-refractivity contribution >= 4 is 33.7 Å². The summed E-state index contributed by atoms with van der Waals surface area (Å²) in [6, 6.07) is 0. The molecular formula is C14H18N4O2S2. The van der Waals surface area contributed by atoms with Crippen LogP contribution in [0.1, 0.15) is 21.9 Å². The molecule has 1 fully saturated rings. The van der Waals surface area contributed by atoms with Crippen LogP contribution in [0.2, 0.25) is 0 Å². The molecule has 0 spiro atoms. The van der Waals surface area contributed by atoms with Gasteiger partial charge < -0.3 is 14.5 Å². The van der Waals surface area contributed by atoms with Crippen LogP contribution < -0.4 is 4.90 Å². The first-order chi connectivity index (χ1) is 10.8. The Bertz CT molecular complexity index is 614. The second kappa shape index (κ2) is 7.17. The molecule has 0 bridgehead atoms. The second-order valence-electron chi connectivity index (χ2n) is 5.01. The molecule has 0 N–H and O–H groups in total. The second-order valence-corrected chi connectivity index (χ2v) is 6.82. The SMILES string of the molecule is COCc1nc(C(=O)N2CCCN(c3nccs3)CC2)cs1. The molecule has 8 heteroatoms. The van der Waals surface area contributed by atoms with Crippen LogP contribution in [0.25, 0.3) is 0 Å². The maximum Gasteiger partial charge on any atom is 0.273 e. The summed E-state index contributed by atoms with van der Waals surface area (Å²) in [4.78, 5) is 25.4. The van der Waals surface area contributed by atoms with E-state index in [0.29, 0.717) is 18.8 Å². The Balaban J connectivity index is 1.63. The molecular weight excluding hydrogens is 320 g/mol. The first-order valence-corrected chi connectivity index (χ1v) is 8.91.